The lowest BCUT2D eigenvalue weighted by molar-refractivity contribution is 0.100. The molecule has 0 unspecified atom stereocenters. The molecule has 21 heavy (non-hydrogen) atoms. The monoisotopic (exact) mass is 290 g/mol. The Balaban J connectivity index is 1.77. The molecule has 1 fully saturated rings. The Morgan fingerprint density at radius 1 is 1.33 bits per heavy atom. The van der Waals surface area contributed by atoms with Crippen molar-refractivity contribution < 1.29 is 13.9 Å². The van der Waals surface area contributed by atoms with E-state index in [0.717, 1.165) is 0 Å². The fraction of sp³-hybridized carbons (Fsp3) is 0.333. The SMILES string of the molecule is NC(=O)c1cnccc1Nc1nnc(N2CCOCC2)o1. The average Bonchev–Trinajstić information content (AvgIpc) is 2.97. The number of nitrogens with two attached hydrogens (primary N) is 1. The van der Waals surface area contributed by atoms with Crippen LogP contribution < -0.4 is 16.0 Å². The third-order valence-electron chi connectivity index (χ3n) is 3.02. The average molecular weight is 290 g/mol. The topological polar surface area (TPSA) is 119 Å². The van der Waals surface area contributed by atoms with Crippen LogP contribution >= 0.6 is 0 Å². The van der Waals surface area contributed by atoms with Gasteiger partial charge in [-0.25, -0.2) is 0 Å². The van der Waals surface area contributed by atoms with Gasteiger partial charge in [0.05, 0.1) is 24.5 Å². The number of morpholine rings is 1. The van der Waals surface area contributed by atoms with E-state index in [2.05, 4.69) is 20.5 Å². The molecule has 9 nitrogen and oxygen atoms in total. The molecule has 0 aliphatic carbocycles. The molecule has 1 amide bonds. The van der Waals surface area contributed by atoms with Crippen molar-refractivity contribution in [1.82, 2.24) is 15.2 Å². The van der Waals surface area contributed by atoms with Gasteiger partial charge in [-0.05, 0) is 6.07 Å². The highest BCUT2D eigenvalue weighted by Crippen LogP contribution is 2.22. The Bertz CT molecular complexity index is 637. The van der Waals surface area contributed by atoms with E-state index in [1.807, 2.05) is 4.90 Å². The number of primary amides is 1. The first-order valence-electron chi connectivity index (χ1n) is 6.41. The Kier molecular flexibility index (Phi) is 3.65. The quantitative estimate of drug-likeness (QED) is 0.816. The summed E-state index contributed by atoms with van der Waals surface area (Å²) in [4.78, 5) is 17.1. The number of nitrogens with zero attached hydrogens (tertiary/aromatic N) is 4. The van der Waals surface area contributed by atoms with Gasteiger partial charge in [-0.15, -0.1) is 0 Å². The lowest BCUT2D eigenvalue weighted by Gasteiger charge is -2.24. The van der Waals surface area contributed by atoms with Gasteiger partial charge in [-0.2, -0.15) is 0 Å². The number of aromatic nitrogens is 3. The molecule has 0 radical (unpaired) electrons. The second-order valence-corrected chi connectivity index (χ2v) is 4.40. The molecule has 3 rings (SSSR count). The van der Waals surface area contributed by atoms with Crippen molar-refractivity contribution in [3.63, 3.8) is 0 Å². The fourth-order valence-corrected chi connectivity index (χ4v) is 1.96. The summed E-state index contributed by atoms with van der Waals surface area (Å²) in [6, 6.07) is 2.21. The van der Waals surface area contributed by atoms with E-state index in [1.54, 1.807) is 6.07 Å². The number of hydrogen-bond donors (Lipinski definition) is 2. The molecule has 3 heterocycles. The van der Waals surface area contributed by atoms with Crippen LogP contribution in [0.25, 0.3) is 0 Å². The lowest BCUT2D eigenvalue weighted by atomic mass is 10.2. The smallest absolute Gasteiger partial charge is 0.321 e. The number of carbonyl (C=O) groups is 1. The van der Waals surface area contributed by atoms with E-state index in [1.165, 1.54) is 12.4 Å². The van der Waals surface area contributed by atoms with Crippen LogP contribution in [0.4, 0.5) is 17.7 Å². The van der Waals surface area contributed by atoms with E-state index in [0.29, 0.717) is 38.0 Å². The van der Waals surface area contributed by atoms with Crippen molar-refractivity contribution in [3.05, 3.63) is 24.0 Å². The maximum Gasteiger partial charge on any atom is 0.321 e. The highest BCUT2D eigenvalue weighted by Gasteiger charge is 2.18. The summed E-state index contributed by atoms with van der Waals surface area (Å²) in [5, 5.41) is 10.7. The summed E-state index contributed by atoms with van der Waals surface area (Å²) < 4.78 is 10.8. The molecule has 1 saturated heterocycles. The predicted octanol–water partition coefficient (Wildman–Crippen LogP) is 0.144. The maximum absolute atomic E-state index is 11.3. The molecule has 3 N–H and O–H groups in total. The second-order valence-electron chi connectivity index (χ2n) is 4.40. The van der Waals surface area contributed by atoms with Crippen LogP contribution in [-0.4, -0.2) is 47.4 Å². The highest BCUT2D eigenvalue weighted by atomic mass is 16.5. The number of anilines is 3. The minimum absolute atomic E-state index is 0.185. The van der Waals surface area contributed by atoms with Crippen LogP contribution in [-0.2, 0) is 4.74 Å². The normalized spacial score (nSPS) is 15.0. The molecule has 1 aliphatic rings. The van der Waals surface area contributed by atoms with E-state index in [-0.39, 0.29) is 11.6 Å². The molecule has 0 aromatic carbocycles. The number of amides is 1. The number of ether oxygens (including phenoxy) is 1. The molecule has 0 saturated carbocycles. The molecule has 1 aliphatic heterocycles. The van der Waals surface area contributed by atoms with Crippen LogP contribution in [0.3, 0.4) is 0 Å². The summed E-state index contributed by atoms with van der Waals surface area (Å²) in [7, 11) is 0. The Hall–Kier alpha value is -2.68. The zero-order valence-electron chi connectivity index (χ0n) is 11.2. The molecular formula is C12H14N6O3. The number of rotatable bonds is 4. The molecule has 9 heteroatoms. The summed E-state index contributed by atoms with van der Waals surface area (Å²) in [6.45, 7) is 2.65. The van der Waals surface area contributed by atoms with Crippen molar-refractivity contribution in [1.29, 1.82) is 0 Å². The highest BCUT2D eigenvalue weighted by molar-refractivity contribution is 5.98. The molecule has 0 atom stereocenters. The van der Waals surface area contributed by atoms with Gasteiger partial charge in [0.2, 0.25) is 0 Å². The molecular weight excluding hydrogens is 276 g/mol. The molecule has 110 valence electrons. The minimum Gasteiger partial charge on any atom is -0.389 e. The van der Waals surface area contributed by atoms with Gasteiger partial charge in [0.15, 0.2) is 0 Å². The van der Waals surface area contributed by atoms with Gasteiger partial charge >= 0.3 is 12.0 Å². The van der Waals surface area contributed by atoms with Crippen molar-refractivity contribution in [2.24, 2.45) is 5.73 Å². The summed E-state index contributed by atoms with van der Waals surface area (Å²) >= 11 is 0. The van der Waals surface area contributed by atoms with Crippen LogP contribution in [0.2, 0.25) is 0 Å². The third-order valence-corrected chi connectivity index (χ3v) is 3.02. The first kappa shape index (κ1) is 13.3. The van der Waals surface area contributed by atoms with Crippen molar-refractivity contribution >= 4 is 23.6 Å². The van der Waals surface area contributed by atoms with E-state index in [4.69, 9.17) is 14.9 Å². The minimum atomic E-state index is -0.585. The number of hydrogen-bond acceptors (Lipinski definition) is 8. The first-order chi connectivity index (χ1) is 10.2. The zero-order valence-corrected chi connectivity index (χ0v) is 11.2. The Morgan fingerprint density at radius 3 is 2.90 bits per heavy atom. The van der Waals surface area contributed by atoms with Gasteiger partial charge in [0.1, 0.15) is 0 Å². The number of nitrogens with one attached hydrogen (secondary N) is 1. The lowest BCUT2D eigenvalue weighted by Crippen LogP contribution is -2.36. The van der Waals surface area contributed by atoms with Gasteiger partial charge < -0.3 is 25.1 Å². The third kappa shape index (κ3) is 2.92. The predicted molar refractivity (Wildman–Crippen MR) is 73.4 cm³/mol. The summed E-state index contributed by atoms with van der Waals surface area (Å²) in [6.07, 6.45) is 2.91. The van der Waals surface area contributed by atoms with Gasteiger partial charge in [0, 0.05) is 25.5 Å². The van der Waals surface area contributed by atoms with Crippen molar-refractivity contribution in [3.8, 4) is 0 Å². The second kappa shape index (κ2) is 5.75. The van der Waals surface area contributed by atoms with Gasteiger partial charge in [-0.1, -0.05) is 10.2 Å². The van der Waals surface area contributed by atoms with Crippen molar-refractivity contribution in [2.45, 2.75) is 0 Å². The van der Waals surface area contributed by atoms with Crippen LogP contribution in [0.1, 0.15) is 10.4 Å². The van der Waals surface area contributed by atoms with E-state index >= 15 is 0 Å². The van der Waals surface area contributed by atoms with Crippen LogP contribution in [0, 0.1) is 0 Å². The molecule has 2 aromatic rings. The molecule has 0 bridgehead atoms. The maximum atomic E-state index is 11.3. The van der Waals surface area contributed by atoms with E-state index < -0.39 is 5.91 Å². The number of carbonyl (C=O) groups excluding carboxylic acids is 1. The number of pyridine rings is 1. The first-order valence-corrected chi connectivity index (χ1v) is 6.41. The fourth-order valence-electron chi connectivity index (χ4n) is 1.96. The van der Waals surface area contributed by atoms with Crippen molar-refractivity contribution in [2.75, 3.05) is 36.5 Å². The van der Waals surface area contributed by atoms with Crippen LogP contribution in [0.15, 0.2) is 22.9 Å². The molecule has 0 spiro atoms. The Morgan fingerprint density at radius 2 is 2.14 bits per heavy atom. The van der Waals surface area contributed by atoms with Gasteiger partial charge in [-0.3, -0.25) is 9.78 Å². The summed E-state index contributed by atoms with van der Waals surface area (Å²) in [5.41, 5.74) is 6.00. The van der Waals surface area contributed by atoms with E-state index in [9.17, 15) is 4.79 Å². The largest absolute Gasteiger partial charge is 0.389 e. The standard InChI is InChI=1S/C12H14N6O3/c13-10(19)8-7-14-2-1-9(8)15-11-16-17-12(21-11)18-3-5-20-6-4-18/h1-2,7H,3-6H2,(H2,13,19)(H,14,15,16). The zero-order chi connectivity index (χ0) is 14.7. The Labute approximate surface area is 120 Å². The van der Waals surface area contributed by atoms with Gasteiger partial charge in [0.25, 0.3) is 5.91 Å². The van der Waals surface area contributed by atoms with Crippen LogP contribution in [0.5, 0.6) is 0 Å². The summed E-state index contributed by atoms with van der Waals surface area (Å²) in [5.74, 6) is -0.585. The molecule has 2 aromatic heterocycles.